The van der Waals surface area contributed by atoms with Crippen molar-refractivity contribution in [1.29, 1.82) is 0 Å². The summed E-state index contributed by atoms with van der Waals surface area (Å²) in [6.07, 6.45) is -2.90. The quantitative estimate of drug-likeness (QED) is 0.474. The summed E-state index contributed by atoms with van der Waals surface area (Å²) in [5, 5.41) is 9.85. The number of alkyl halides is 3. The molecule has 0 radical (unpaired) electrons. The lowest BCUT2D eigenvalue weighted by Gasteiger charge is -2.10. The van der Waals surface area contributed by atoms with Crippen LogP contribution in [-0.4, -0.2) is 36.7 Å². The maximum Gasteiger partial charge on any atom is 0.471 e. The van der Waals surface area contributed by atoms with Crippen molar-refractivity contribution in [3.63, 3.8) is 0 Å². The third-order valence-corrected chi connectivity index (χ3v) is 4.17. The van der Waals surface area contributed by atoms with Crippen LogP contribution in [0, 0.1) is 0 Å². The topological polar surface area (TPSA) is 151 Å². The van der Waals surface area contributed by atoms with E-state index in [1.807, 2.05) is 0 Å². The lowest BCUT2D eigenvalue weighted by Crippen LogP contribution is -2.18. The van der Waals surface area contributed by atoms with E-state index >= 15 is 0 Å². The first kappa shape index (κ1) is 20.8. The number of rotatable bonds is 5. The number of anilines is 1. The molecule has 0 saturated carbocycles. The number of hydrogen-bond acceptors (Lipinski definition) is 8. The summed E-state index contributed by atoms with van der Waals surface area (Å²) in [5.74, 6) is -2.60. The van der Waals surface area contributed by atoms with E-state index in [0.717, 1.165) is 0 Å². The Morgan fingerprint density at radius 3 is 2.72 bits per heavy atom. The van der Waals surface area contributed by atoms with E-state index in [0.29, 0.717) is 11.1 Å². The number of fused-ring (bicyclic) bond motifs is 1. The number of carbonyl (C=O) groups is 2. The third kappa shape index (κ3) is 4.05. The van der Waals surface area contributed by atoms with Crippen LogP contribution in [0.4, 0.5) is 23.7 Å². The number of nitrogens with two attached hydrogens (primary N) is 1. The van der Waals surface area contributed by atoms with Gasteiger partial charge in [0, 0.05) is 11.8 Å². The van der Waals surface area contributed by atoms with Gasteiger partial charge in [-0.05, 0) is 24.3 Å². The van der Waals surface area contributed by atoms with Gasteiger partial charge < -0.3 is 15.0 Å². The Kier molecular flexibility index (Phi) is 5.18. The fourth-order valence-corrected chi connectivity index (χ4v) is 2.80. The molecule has 0 aromatic carbocycles. The van der Waals surface area contributed by atoms with Crippen LogP contribution >= 0.6 is 0 Å². The minimum atomic E-state index is -4.79. The van der Waals surface area contributed by atoms with Gasteiger partial charge in [-0.15, -0.1) is 0 Å². The van der Waals surface area contributed by atoms with Gasteiger partial charge in [0.2, 0.25) is 5.82 Å². The van der Waals surface area contributed by atoms with Crippen molar-refractivity contribution in [2.24, 2.45) is 5.73 Å². The summed E-state index contributed by atoms with van der Waals surface area (Å²) in [6, 6.07) is 7.36. The predicted octanol–water partition coefficient (Wildman–Crippen LogP) is 2.65. The van der Waals surface area contributed by atoms with Gasteiger partial charge in [-0.25, -0.2) is 9.31 Å². The summed E-state index contributed by atoms with van der Waals surface area (Å²) in [5.41, 5.74) is 6.21. The first-order chi connectivity index (χ1) is 15.2. The van der Waals surface area contributed by atoms with Crippen LogP contribution in [-0.2, 0) is 17.5 Å². The Morgan fingerprint density at radius 1 is 1.19 bits per heavy atom. The highest BCUT2D eigenvalue weighted by molar-refractivity contribution is 5.93. The second-order valence-electron chi connectivity index (χ2n) is 6.26. The molecule has 0 aliphatic carbocycles. The minimum absolute atomic E-state index is 0.0267. The number of aromatic nitrogens is 5. The summed E-state index contributed by atoms with van der Waals surface area (Å²) in [4.78, 5) is 30.8. The first-order valence-electron chi connectivity index (χ1n) is 8.79. The zero-order valence-electron chi connectivity index (χ0n) is 15.8. The Morgan fingerprint density at radius 2 is 2.00 bits per heavy atom. The standard InChI is InChI=1S/C18H12F3N7O4/c19-18(20,21)16-26-15(27-32-16)12-4-3-10(11-5-7-24-28(11)12)25-17(30)31-8-9-2-1-6-23-13(9)14(22)29/h1-7H,8H2,(H2,22,29)(H,25,30). The fraction of sp³-hybridized carbons (Fsp3) is 0.111. The minimum Gasteiger partial charge on any atom is -0.444 e. The van der Waals surface area contributed by atoms with E-state index in [4.69, 9.17) is 10.5 Å². The molecule has 0 fully saturated rings. The lowest BCUT2D eigenvalue weighted by atomic mass is 10.2. The van der Waals surface area contributed by atoms with Gasteiger partial charge in [0.15, 0.2) is 0 Å². The average molecular weight is 447 g/mol. The molecule has 0 aliphatic rings. The number of primary amides is 1. The van der Waals surface area contributed by atoms with Crippen molar-refractivity contribution in [1.82, 2.24) is 24.7 Å². The van der Waals surface area contributed by atoms with Crippen molar-refractivity contribution >= 4 is 23.2 Å². The van der Waals surface area contributed by atoms with E-state index < -0.39 is 24.1 Å². The zero-order valence-corrected chi connectivity index (χ0v) is 15.8. The molecule has 0 spiro atoms. The third-order valence-electron chi connectivity index (χ3n) is 4.17. The normalized spacial score (nSPS) is 11.5. The zero-order chi connectivity index (χ0) is 22.9. The monoisotopic (exact) mass is 447 g/mol. The fourth-order valence-electron chi connectivity index (χ4n) is 2.80. The lowest BCUT2D eigenvalue weighted by molar-refractivity contribution is -0.159. The van der Waals surface area contributed by atoms with Gasteiger partial charge in [0.05, 0.1) is 17.4 Å². The van der Waals surface area contributed by atoms with Crippen molar-refractivity contribution < 1.29 is 32.0 Å². The molecular formula is C18H12F3N7O4. The van der Waals surface area contributed by atoms with Gasteiger partial charge in [0.25, 0.3) is 5.91 Å². The van der Waals surface area contributed by atoms with Gasteiger partial charge in [-0.3, -0.25) is 15.1 Å². The number of nitrogens with one attached hydrogen (secondary N) is 1. The number of pyridine rings is 2. The molecule has 2 amide bonds. The second-order valence-corrected chi connectivity index (χ2v) is 6.26. The molecule has 164 valence electrons. The molecule has 4 aromatic rings. The number of hydrogen-bond donors (Lipinski definition) is 2. The Hall–Kier alpha value is -4.49. The highest BCUT2D eigenvalue weighted by Gasteiger charge is 2.38. The van der Waals surface area contributed by atoms with Crippen molar-refractivity contribution in [2.75, 3.05) is 5.32 Å². The Labute approximate surface area is 176 Å². The predicted molar refractivity (Wildman–Crippen MR) is 100 cm³/mol. The van der Waals surface area contributed by atoms with Crippen LogP contribution in [0.3, 0.4) is 0 Å². The maximum absolute atomic E-state index is 12.7. The van der Waals surface area contributed by atoms with Gasteiger partial charge in [0.1, 0.15) is 18.0 Å². The number of carbonyl (C=O) groups excluding carboxylic acids is 2. The van der Waals surface area contributed by atoms with Gasteiger partial charge in [-0.2, -0.15) is 23.3 Å². The van der Waals surface area contributed by atoms with Gasteiger partial charge >= 0.3 is 18.2 Å². The SMILES string of the molecule is NC(=O)c1ncccc1COC(=O)Nc1ccc(-c2noc(C(F)(F)F)n2)n2nccc12. The van der Waals surface area contributed by atoms with Crippen LogP contribution in [0.25, 0.3) is 17.0 Å². The molecule has 0 unspecified atom stereocenters. The molecule has 0 bridgehead atoms. The van der Waals surface area contributed by atoms with Gasteiger partial charge in [-0.1, -0.05) is 11.2 Å². The highest BCUT2D eigenvalue weighted by atomic mass is 19.4. The number of nitrogens with zero attached hydrogens (tertiary/aromatic N) is 5. The van der Waals surface area contributed by atoms with Crippen molar-refractivity contribution in [3.05, 3.63) is 59.9 Å². The average Bonchev–Trinajstić information content (AvgIpc) is 3.43. The molecule has 4 heterocycles. The summed E-state index contributed by atoms with van der Waals surface area (Å²) >= 11 is 0. The molecule has 4 aromatic heterocycles. The molecule has 14 heteroatoms. The molecule has 0 aliphatic heterocycles. The molecule has 4 rings (SSSR count). The number of amides is 2. The second kappa shape index (κ2) is 7.98. The largest absolute Gasteiger partial charge is 0.471 e. The molecule has 32 heavy (non-hydrogen) atoms. The molecular weight excluding hydrogens is 435 g/mol. The van der Waals surface area contributed by atoms with E-state index in [9.17, 15) is 22.8 Å². The summed E-state index contributed by atoms with van der Waals surface area (Å²) in [6.45, 7) is -0.269. The van der Waals surface area contributed by atoms with Crippen LogP contribution < -0.4 is 11.1 Å². The summed E-state index contributed by atoms with van der Waals surface area (Å²) < 4.78 is 48.8. The Balaban J connectivity index is 1.53. The molecule has 11 nitrogen and oxygen atoms in total. The highest BCUT2D eigenvalue weighted by Crippen LogP contribution is 2.30. The summed E-state index contributed by atoms with van der Waals surface area (Å²) in [7, 11) is 0. The van der Waals surface area contributed by atoms with Crippen LogP contribution in [0.5, 0.6) is 0 Å². The van der Waals surface area contributed by atoms with Crippen LogP contribution in [0.2, 0.25) is 0 Å². The Bertz CT molecular complexity index is 1320. The van der Waals surface area contributed by atoms with Crippen LogP contribution in [0.1, 0.15) is 21.9 Å². The molecule has 0 atom stereocenters. The van der Waals surface area contributed by atoms with Crippen molar-refractivity contribution in [3.8, 4) is 11.5 Å². The van der Waals surface area contributed by atoms with E-state index in [-0.39, 0.29) is 29.5 Å². The molecule has 3 N–H and O–H groups in total. The van der Waals surface area contributed by atoms with E-state index in [1.54, 1.807) is 6.07 Å². The maximum atomic E-state index is 12.7. The van der Waals surface area contributed by atoms with E-state index in [1.165, 1.54) is 41.2 Å². The number of halogens is 3. The smallest absolute Gasteiger partial charge is 0.444 e. The number of ether oxygens (including phenoxy) is 1. The first-order valence-corrected chi connectivity index (χ1v) is 8.79. The van der Waals surface area contributed by atoms with E-state index in [2.05, 4.69) is 30.1 Å². The van der Waals surface area contributed by atoms with Crippen molar-refractivity contribution in [2.45, 2.75) is 12.8 Å². The van der Waals surface area contributed by atoms with Crippen LogP contribution in [0.15, 0.2) is 47.2 Å². The molecule has 0 saturated heterocycles.